The molecule has 1 aromatic heterocycles. The number of aromatic nitrogens is 1. The summed E-state index contributed by atoms with van der Waals surface area (Å²) in [6.07, 6.45) is 3.38. The third kappa shape index (κ3) is 4.35. The molecule has 1 aliphatic carbocycles. The first-order valence-electron chi connectivity index (χ1n) is 7.12. The molecule has 1 amide bonds. The number of carbonyl (C=O) groups is 1. The number of hydrogen-bond acceptors (Lipinski definition) is 2. The van der Waals surface area contributed by atoms with Crippen LogP contribution in [0.5, 0.6) is 0 Å². The fraction of sp³-hybridized carbons (Fsp3) is 0.294. The monoisotopic (exact) mass is 304 g/mol. The zero-order valence-corrected chi connectivity index (χ0v) is 12.4. The molecule has 0 bridgehead atoms. The van der Waals surface area contributed by atoms with Crippen LogP contribution in [0, 0.1) is 6.92 Å². The minimum atomic E-state index is -2.28. The Kier molecular flexibility index (Phi) is 5.20. The summed E-state index contributed by atoms with van der Waals surface area (Å²) in [5.41, 5.74) is 3.86. The van der Waals surface area contributed by atoms with E-state index < -0.39 is 5.92 Å². The number of nitrogens with one attached hydrogen (secondary N) is 1. The van der Waals surface area contributed by atoms with Crippen molar-refractivity contribution in [3.8, 4) is 11.3 Å². The lowest BCUT2D eigenvalue weighted by atomic mass is 9.95. The van der Waals surface area contributed by atoms with E-state index in [-0.39, 0.29) is 12.8 Å². The third-order valence-corrected chi connectivity index (χ3v) is 3.49. The van der Waals surface area contributed by atoms with Gasteiger partial charge in [-0.1, -0.05) is 12.1 Å². The van der Waals surface area contributed by atoms with E-state index in [1.165, 1.54) is 0 Å². The van der Waals surface area contributed by atoms with E-state index in [1.807, 2.05) is 43.3 Å². The van der Waals surface area contributed by atoms with Crippen molar-refractivity contribution in [1.82, 2.24) is 4.98 Å². The Bertz CT molecular complexity index is 624. The summed E-state index contributed by atoms with van der Waals surface area (Å²) >= 11 is 0. The number of carbonyl (C=O) groups excluding carboxylic acids is 1. The fourth-order valence-electron chi connectivity index (χ4n) is 2.02. The highest BCUT2D eigenvalue weighted by molar-refractivity contribution is 5.76. The van der Waals surface area contributed by atoms with Gasteiger partial charge in [-0.3, -0.25) is 9.78 Å². The number of pyridine rings is 1. The maximum atomic E-state index is 11.5. The Hall–Kier alpha value is -2.30. The topological polar surface area (TPSA) is 42.0 Å². The van der Waals surface area contributed by atoms with E-state index in [0.717, 1.165) is 22.5 Å². The molecule has 5 heteroatoms. The molecule has 0 saturated heterocycles. The van der Waals surface area contributed by atoms with Gasteiger partial charge in [-0.2, -0.15) is 0 Å². The van der Waals surface area contributed by atoms with Crippen molar-refractivity contribution in [2.24, 2.45) is 0 Å². The maximum absolute atomic E-state index is 11.5. The molecular formula is C17H18F2N2O. The molecule has 1 heterocycles. The SMILES string of the molecule is Cc1ccc(NC=O)cc1-c1ccccn1.FC1(F)CCC1. The quantitative estimate of drug-likeness (QED) is 0.852. The first-order valence-corrected chi connectivity index (χ1v) is 7.12. The van der Waals surface area contributed by atoms with Crippen molar-refractivity contribution < 1.29 is 13.6 Å². The predicted molar refractivity (Wildman–Crippen MR) is 82.9 cm³/mol. The molecule has 3 rings (SSSR count). The Morgan fingerprint density at radius 2 is 1.95 bits per heavy atom. The maximum Gasteiger partial charge on any atom is 0.248 e. The second-order valence-electron chi connectivity index (χ2n) is 5.22. The molecule has 1 aliphatic rings. The highest BCUT2D eigenvalue weighted by Gasteiger charge is 2.36. The van der Waals surface area contributed by atoms with E-state index >= 15 is 0 Å². The Labute approximate surface area is 128 Å². The van der Waals surface area contributed by atoms with E-state index in [4.69, 9.17) is 0 Å². The van der Waals surface area contributed by atoms with E-state index in [9.17, 15) is 13.6 Å². The normalized spacial score (nSPS) is 15.0. The fourth-order valence-corrected chi connectivity index (χ4v) is 2.02. The zero-order chi connectivity index (χ0) is 16.0. The summed E-state index contributed by atoms with van der Waals surface area (Å²) in [6, 6.07) is 11.5. The van der Waals surface area contributed by atoms with Crippen LogP contribution in [0.4, 0.5) is 14.5 Å². The summed E-state index contributed by atoms with van der Waals surface area (Å²) in [6.45, 7) is 2.02. The van der Waals surface area contributed by atoms with Crippen LogP contribution >= 0.6 is 0 Å². The molecule has 22 heavy (non-hydrogen) atoms. The summed E-state index contributed by atoms with van der Waals surface area (Å²) in [5, 5.41) is 2.64. The van der Waals surface area contributed by atoms with Gasteiger partial charge in [0.1, 0.15) is 0 Å². The predicted octanol–water partition coefficient (Wildman–Crippen LogP) is 4.43. The Morgan fingerprint density at radius 1 is 1.23 bits per heavy atom. The van der Waals surface area contributed by atoms with Crippen LogP contribution in [0.15, 0.2) is 42.6 Å². The third-order valence-electron chi connectivity index (χ3n) is 3.49. The van der Waals surface area contributed by atoms with Crippen molar-refractivity contribution in [2.75, 3.05) is 5.32 Å². The number of alkyl halides is 2. The molecule has 0 spiro atoms. The van der Waals surface area contributed by atoms with Gasteiger partial charge < -0.3 is 5.32 Å². The molecule has 0 radical (unpaired) electrons. The number of nitrogens with zero attached hydrogens (tertiary/aromatic N) is 1. The summed E-state index contributed by atoms with van der Waals surface area (Å²) in [4.78, 5) is 14.7. The minimum Gasteiger partial charge on any atom is -0.329 e. The highest BCUT2D eigenvalue weighted by Crippen LogP contribution is 2.36. The average Bonchev–Trinajstić information content (AvgIpc) is 2.50. The molecule has 1 N–H and O–H groups in total. The standard InChI is InChI=1S/C13H12N2O.C4H6F2/c1-10-5-6-11(15-9-16)8-12(10)13-4-2-3-7-14-13;5-4(6)2-1-3-4/h2-9H,1H3,(H,15,16);1-3H2. The van der Waals surface area contributed by atoms with Gasteiger partial charge >= 0.3 is 0 Å². The van der Waals surface area contributed by atoms with Gasteiger partial charge in [-0.25, -0.2) is 8.78 Å². The smallest absolute Gasteiger partial charge is 0.248 e. The van der Waals surface area contributed by atoms with E-state index in [0.29, 0.717) is 12.8 Å². The minimum absolute atomic E-state index is 0.118. The number of hydrogen-bond donors (Lipinski definition) is 1. The second kappa shape index (κ2) is 7.11. The first kappa shape index (κ1) is 16.1. The Morgan fingerprint density at radius 3 is 2.45 bits per heavy atom. The number of anilines is 1. The van der Waals surface area contributed by atoms with Crippen molar-refractivity contribution in [3.05, 3.63) is 48.2 Å². The summed E-state index contributed by atoms with van der Waals surface area (Å²) < 4.78 is 23.1. The zero-order valence-electron chi connectivity index (χ0n) is 12.4. The van der Waals surface area contributed by atoms with Crippen LogP contribution in [0.3, 0.4) is 0 Å². The lowest BCUT2D eigenvalue weighted by molar-refractivity contribution is -0.105. The van der Waals surface area contributed by atoms with Crippen molar-refractivity contribution in [1.29, 1.82) is 0 Å². The van der Waals surface area contributed by atoms with Gasteiger partial charge in [0.15, 0.2) is 0 Å². The Balaban J connectivity index is 0.000000246. The van der Waals surface area contributed by atoms with E-state index in [2.05, 4.69) is 10.3 Å². The number of amides is 1. The summed E-state index contributed by atoms with van der Waals surface area (Å²) in [7, 11) is 0. The van der Waals surface area contributed by atoms with Crippen LogP contribution < -0.4 is 5.32 Å². The number of rotatable bonds is 3. The van der Waals surface area contributed by atoms with Gasteiger partial charge in [0.2, 0.25) is 12.3 Å². The average molecular weight is 304 g/mol. The van der Waals surface area contributed by atoms with Crippen LogP contribution in [0.25, 0.3) is 11.3 Å². The van der Waals surface area contributed by atoms with Crippen LogP contribution in [-0.2, 0) is 4.79 Å². The summed E-state index contributed by atoms with van der Waals surface area (Å²) in [5.74, 6) is -2.28. The molecule has 1 fully saturated rings. The molecular weight excluding hydrogens is 286 g/mol. The molecule has 116 valence electrons. The molecule has 0 atom stereocenters. The number of aryl methyl sites for hydroxylation is 1. The molecule has 3 nitrogen and oxygen atoms in total. The van der Waals surface area contributed by atoms with Crippen molar-refractivity contribution in [3.63, 3.8) is 0 Å². The molecule has 0 aliphatic heterocycles. The van der Waals surface area contributed by atoms with Gasteiger partial charge in [-0.05, 0) is 43.2 Å². The lowest BCUT2D eigenvalue weighted by Gasteiger charge is -2.23. The first-order chi connectivity index (χ1) is 10.5. The van der Waals surface area contributed by atoms with Gasteiger partial charge in [-0.15, -0.1) is 0 Å². The number of halogens is 2. The van der Waals surface area contributed by atoms with Gasteiger partial charge in [0.25, 0.3) is 0 Å². The van der Waals surface area contributed by atoms with Gasteiger partial charge in [0, 0.05) is 30.3 Å². The largest absolute Gasteiger partial charge is 0.329 e. The molecule has 1 saturated carbocycles. The van der Waals surface area contributed by atoms with Crippen LogP contribution in [0.1, 0.15) is 24.8 Å². The van der Waals surface area contributed by atoms with Crippen molar-refractivity contribution >= 4 is 12.1 Å². The van der Waals surface area contributed by atoms with E-state index in [1.54, 1.807) is 6.20 Å². The second-order valence-corrected chi connectivity index (χ2v) is 5.22. The molecule has 0 unspecified atom stereocenters. The van der Waals surface area contributed by atoms with Crippen LogP contribution in [-0.4, -0.2) is 17.3 Å². The lowest BCUT2D eigenvalue weighted by Crippen LogP contribution is -2.24. The van der Waals surface area contributed by atoms with Gasteiger partial charge in [0.05, 0.1) is 5.69 Å². The van der Waals surface area contributed by atoms with Crippen molar-refractivity contribution in [2.45, 2.75) is 32.1 Å². The highest BCUT2D eigenvalue weighted by atomic mass is 19.3. The van der Waals surface area contributed by atoms with Crippen LogP contribution in [0.2, 0.25) is 0 Å². The molecule has 2 aromatic rings. The number of benzene rings is 1. The molecule has 1 aromatic carbocycles.